The first-order valence-electron chi connectivity index (χ1n) is 5.22. The molecule has 0 radical (unpaired) electrons. The minimum Gasteiger partial charge on any atom is -0.497 e. The van der Waals surface area contributed by atoms with Crippen LogP contribution in [0.3, 0.4) is 0 Å². The molecule has 4 nitrogen and oxygen atoms in total. The van der Waals surface area contributed by atoms with E-state index in [1.54, 1.807) is 13.3 Å². The van der Waals surface area contributed by atoms with Gasteiger partial charge in [-0.05, 0) is 17.7 Å². The molecule has 0 saturated heterocycles. The lowest BCUT2D eigenvalue weighted by atomic mass is 10.1. The topological polar surface area (TPSA) is 52.1 Å². The number of Topliss-reactive ketones (excluding diaryl/α,β-unsaturated/α-hetero) is 1. The molecule has 0 bridgehead atoms. The molecule has 0 spiro atoms. The average Bonchev–Trinajstić information content (AvgIpc) is 2.40. The Morgan fingerprint density at radius 3 is 2.59 bits per heavy atom. The van der Waals surface area contributed by atoms with Crippen molar-refractivity contribution in [1.29, 1.82) is 0 Å². The second-order valence-electron chi connectivity index (χ2n) is 3.54. The smallest absolute Gasteiger partial charge is 0.187 e. The minimum atomic E-state index is -0.0386. The van der Waals surface area contributed by atoms with Crippen molar-refractivity contribution in [3.63, 3.8) is 0 Å². The monoisotopic (exact) mass is 228 g/mol. The number of methoxy groups -OCH3 is 1. The summed E-state index contributed by atoms with van der Waals surface area (Å²) in [4.78, 5) is 19.7. The molecule has 0 amide bonds. The minimum absolute atomic E-state index is 0.0386. The Morgan fingerprint density at radius 1 is 1.24 bits per heavy atom. The van der Waals surface area contributed by atoms with E-state index in [4.69, 9.17) is 4.74 Å². The maximum Gasteiger partial charge on any atom is 0.187 e. The van der Waals surface area contributed by atoms with Gasteiger partial charge in [0.15, 0.2) is 5.78 Å². The van der Waals surface area contributed by atoms with Crippen molar-refractivity contribution in [3.05, 3.63) is 54.1 Å². The third-order valence-corrected chi connectivity index (χ3v) is 2.37. The zero-order valence-corrected chi connectivity index (χ0v) is 9.46. The fraction of sp³-hybridized carbons (Fsp3) is 0.154. The lowest BCUT2D eigenvalue weighted by molar-refractivity contribution is 0.0988. The van der Waals surface area contributed by atoms with E-state index < -0.39 is 0 Å². The van der Waals surface area contributed by atoms with Crippen LogP contribution in [0.15, 0.2) is 42.9 Å². The van der Waals surface area contributed by atoms with Gasteiger partial charge in [-0.1, -0.05) is 12.1 Å². The highest BCUT2D eigenvalue weighted by Crippen LogP contribution is 2.12. The van der Waals surface area contributed by atoms with Crippen molar-refractivity contribution in [2.45, 2.75) is 6.42 Å². The summed E-state index contributed by atoms with van der Waals surface area (Å²) in [5.74, 6) is 0.740. The molecule has 1 heterocycles. The number of hydrogen-bond donors (Lipinski definition) is 0. The van der Waals surface area contributed by atoms with Gasteiger partial charge in [0, 0.05) is 18.8 Å². The van der Waals surface area contributed by atoms with E-state index in [9.17, 15) is 4.79 Å². The van der Waals surface area contributed by atoms with Crippen molar-refractivity contribution in [2.75, 3.05) is 7.11 Å². The third kappa shape index (κ3) is 2.87. The molecule has 1 aromatic carbocycles. The number of carbonyl (C=O) groups excluding carboxylic acids is 1. The first kappa shape index (κ1) is 11.3. The van der Waals surface area contributed by atoms with Gasteiger partial charge in [-0.3, -0.25) is 9.78 Å². The first-order chi connectivity index (χ1) is 8.29. The van der Waals surface area contributed by atoms with Gasteiger partial charge < -0.3 is 4.74 Å². The van der Waals surface area contributed by atoms with E-state index in [0.717, 1.165) is 11.3 Å². The number of benzene rings is 1. The normalized spacial score (nSPS) is 9.94. The van der Waals surface area contributed by atoms with E-state index in [1.807, 2.05) is 24.3 Å². The summed E-state index contributed by atoms with van der Waals surface area (Å²) in [6.45, 7) is 0. The summed E-state index contributed by atoms with van der Waals surface area (Å²) in [5, 5.41) is 0. The lowest BCUT2D eigenvalue weighted by Crippen LogP contribution is -2.06. The van der Waals surface area contributed by atoms with Crippen molar-refractivity contribution in [1.82, 2.24) is 9.97 Å². The molecule has 0 fully saturated rings. The van der Waals surface area contributed by atoms with Crippen LogP contribution in [0.5, 0.6) is 5.75 Å². The SMILES string of the molecule is COc1ccc(CC(=O)c2cnccn2)cc1. The van der Waals surface area contributed by atoms with Gasteiger partial charge in [-0.15, -0.1) is 0 Å². The highest BCUT2D eigenvalue weighted by atomic mass is 16.5. The van der Waals surface area contributed by atoms with E-state index in [2.05, 4.69) is 9.97 Å². The maximum absolute atomic E-state index is 11.8. The Labute approximate surface area is 99.3 Å². The maximum atomic E-state index is 11.8. The van der Waals surface area contributed by atoms with Crippen molar-refractivity contribution in [2.24, 2.45) is 0 Å². The Kier molecular flexibility index (Phi) is 3.45. The molecule has 86 valence electrons. The van der Waals surface area contributed by atoms with Gasteiger partial charge in [0.25, 0.3) is 0 Å². The quantitative estimate of drug-likeness (QED) is 0.750. The summed E-state index contributed by atoms with van der Waals surface area (Å²) >= 11 is 0. The van der Waals surface area contributed by atoms with Crippen LogP contribution in [0.1, 0.15) is 16.1 Å². The Hall–Kier alpha value is -2.23. The molecule has 4 heteroatoms. The molecule has 0 saturated carbocycles. The number of ketones is 1. The molecular weight excluding hydrogens is 216 g/mol. The first-order valence-corrected chi connectivity index (χ1v) is 5.22. The summed E-state index contributed by atoms with van der Waals surface area (Å²) < 4.78 is 5.05. The molecule has 0 N–H and O–H groups in total. The van der Waals surface area contributed by atoms with Crippen LogP contribution >= 0.6 is 0 Å². The van der Waals surface area contributed by atoms with E-state index in [0.29, 0.717) is 12.1 Å². The van der Waals surface area contributed by atoms with Crippen LogP contribution in [-0.4, -0.2) is 22.9 Å². The summed E-state index contributed by atoms with van der Waals surface area (Å²) in [7, 11) is 1.61. The predicted octanol–water partition coefficient (Wildman–Crippen LogP) is 1.91. The lowest BCUT2D eigenvalue weighted by Gasteiger charge is -2.02. The van der Waals surface area contributed by atoms with Gasteiger partial charge >= 0.3 is 0 Å². The summed E-state index contributed by atoms with van der Waals surface area (Å²) in [5.41, 5.74) is 1.32. The fourth-order valence-corrected chi connectivity index (χ4v) is 1.46. The van der Waals surface area contributed by atoms with Crippen LogP contribution in [0.25, 0.3) is 0 Å². The van der Waals surface area contributed by atoms with Crippen LogP contribution < -0.4 is 4.74 Å². The molecule has 2 aromatic rings. The van der Waals surface area contributed by atoms with Crippen molar-refractivity contribution in [3.8, 4) is 5.75 Å². The van der Waals surface area contributed by atoms with Gasteiger partial charge in [-0.25, -0.2) is 4.98 Å². The molecule has 17 heavy (non-hydrogen) atoms. The number of carbonyl (C=O) groups is 1. The van der Waals surface area contributed by atoms with E-state index in [-0.39, 0.29) is 5.78 Å². The summed E-state index contributed by atoms with van der Waals surface area (Å²) in [6, 6.07) is 7.40. The zero-order valence-electron chi connectivity index (χ0n) is 9.46. The zero-order chi connectivity index (χ0) is 12.1. The average molecular weight is 228 g/mol. The highest BCUT2D eigenvalue weighted by Gasteiger charge is 2.08. The molecule has 0 atom stereocenters. The van der Waals surface area contributed by atoms with Gasteiger partial charge in [0.05, 0.1) is 13.3 Å². The molecule has 0 aliphatic rings. The third-order valence-electron chi connectivity index (χ3n) is 2.37. The Morgan fingerprint density at radius 2 is 2.00 bits per heavy atom. The molecule has 0 aliphatic carbocycles. The van der Waals surface area contributed by atoms with Crippen LogP contribution in [0.2, 0.25) is 0 Å². The Balaban J connectivity index is 2.08. The molecule has 0 unspecified atom stereocenters. The van der Waals surface area contributed by atoms with Crippen molar-refractivity contribution >= 4 is 5.78 Å². The van der Waals surface area contributed by atoms with Gasteiger partial charge in [0.1, 0.15) is 11.4 Å². The standard InChI is InChI=1S/C13H12N2O2/c1-17-11-4-2-10(3-5-11)8-13(16)12-9-14-6-7-15-12/h2-7,9H,8H2,1H3. The van der Waals surface area contributed by atoms with E-state index >= 15 is 0 Å². The number of rotatable bonds is 4. The largest absolute Gasteiger partial charge is 0.497 e. The summed E-state index contributed by atoms with van der Waals surface area (Å²) in [6.07, 6.45) is 4.86. The second-order valence-corrected chi connectivity index (χ2v) is 3.54. The Bertz CT molecular complexity index is 495. The van der Waals surface area contributed by atoms with Gasteiger partial charge in [0.2, 0.25) is 0 Å². The molecule has 1 aromatic heterocycles. The number of nitrogens with zero attached hydrogens (tertiary/aromatic N) is 2. The second kappa shape index (κ2) is 5.21. The van der Waals surface area contributed by atoms with Crippen LogP contribution in [0.4, 0.5) is 0 Å². The van der Waals surface area contributed by atoms with Gasteiger partial charge in [-0.2, -0.15) is 0 Å². The molecule has 0 aliphatic heterocycles. The molecule has 2 rings (SSSR count). The van der Waals surface area contributed by atoms with Crippen molar-refractivity contribution < 1.29 is 9.53 Å². The highest BCUT2D eigenvalue weighted by molar-refractivity contribution is 5.95. The van der Waals surface area contributed by atoms with E-state index in [1.165, 1.54) is 12.4 Å². The number of aromatic nitrogens is 2. The number of hydrogen-bond acceptors (Lipinski definition) is 4. The predicted molar refractivity (Wildman–Crippen MR) is 63.1 cm³/mol. The van der Waals surface area contributed by atoms with Crippen LogP contribution in [0, 0.1) is 0 Å². The van der Waals surface area contributed by atoms with Crippen LogP contribution in [-0.2, 0) is 6.42 Å². The number of ether oxygens (including phenoxy) is 1. The fourth-order valence-electron chi connectivity index (χ4n) is 1.46. The molecular formula is C13H12N2O2.